The van der Waals surface area contributed by atoms with Crippen molar-refractivity contribution in [1.29, 1.82) is 0 Å². The van der Waals surface area contributed by atoms with Crippen molar-refractivity contribution in [3.63, 3.8) is 0 Å². The second-order valence-electron chi connectivity index (χ2n) is 4.87. The maximum atomic E-state index is 11.9. The summed E-state index contributed by atoms with van der Waals surface area (Å²) in [5.74, 6) is 1.12. The standard InChI is InChI=1S/C14H19NO2S/c1-15(9-11-7-12(16)8-11)14(17)10-18-13-5-3-2-4-6-13/h2-6,11-12,16H,7-10H2,1H3. The normalized spacial score (nSPS) is 22.3. The number of aliphatic hydroxyl groups is 1. The molecule has 1 aliphatic carbocycles. The molecule has 1 N–H and O–H groups in total. The van der Waals surface area contributed by atoms with Crippen LogP contribution in [0.3, 0.4) is 0 Å². The minimum atomic E-state index is -0.141. The summed E-state index contributed by atoms with van der Waals surface area (Å²) in [5.41, 5.74) is 0. The van der Waals surface area contributed by atoms with Crippen LogP contribution < -0.4 is 0 Å². The van der Waals surface area contributed by atoms with E-state index in [1.807, 2.05) is 37.4 Å². The molecule has 0 aromatic heterocycles. The zero-order valence-corrected chi connectivity index (χ0v) is 11.4. The van der Waals surface area contributed by atoms with Gasteiger partial charge in [-0.3, -0.25) is 4.79 Å². The van der Waals surface area contributed by atoms with Crippen LogP contribution in [0.15, 0.2) is 35.2 Å². The molecule has 0 saturated heterocycles. The molecule has 1 aliphatic rings. The Morgan fingerprint density at radius 2 is 2.06 bits per heavy atom. The number of hydrogen-bond donors (Lipinski definition) is 1. The van der Waals surface area contributed by atoms with E-state index in [1.165, 1.54) is 0 Å². The Hall–Kier alpha value is -1.00. The van der Waals surface area contributed by atoms with Gasteiger partial charge in [-0.2, -0.15) is 0 Å². The second-order valence-corrected chi connectivity index (χ2v) is 5.92. The van der Waals surface area contributed by atoms with Crippen LogP contribution >= 0.6 is 11.8 Å². The lowest BCUT2D eigenvalue weighted by molar-refractivity contribution is -0.128. The number of hydrogen-bond acceptors (Lipinski definition) is 3. The number of amides is 1. The zero-order chi connectivity index (χ0) is 13.0. The third-order valence-electron chi connectivity index (χ3n) is 3.27. The highest BCUT2D eigenvalue weighted by Gasteiger charge is 2.28. The van der Waals surface area contributed by atoms with Gasteiger partial charge in [-0.1, -0.05) is 18.2 Å². The Balaban J connectivity index is 1.71. The van der Waals surface area contributed by atoms with Crippen LogP contribution in [-0.2, 0) is 4.79 Å². The van der Waals surface area contributed by atoms with Crippen molar-refractivity contribution in [3.05, 3.63) is 30.3 Å². The first-order chi connectivity index (χ1) is 8.65. The number of nitrogens with zero attached hydrogens (tertiary/aromatic N) is 1. The Kier molecular flexibility index (Phi) is 4.66. The Labute approximate surface area is 112 Å². The van der Waals surface area contributed by atoms with Crippen LogP contribution in [0.1, 0.15) is 12.8 Å². The van der Waals surface area contributed by atoms with E-state index in [9.17, 15) is 9.90 Å². The molecule has 3 nitrogen and oxygen atoms in total. The van der Waals surface area contributed by atoms with Crippen molar-refractivity contribution >= 4 is 17.7 Å². The lowest BCUT2D eigenvalue weighted by Crippen LogP contribution is -2.40. The lowest BCUT2D eigenvalue weighted by atomic mass is 9.82. The summed E-state index contributed by atoms with van der Waals surface area (Å²) in [7, 11) is 1.85. The summed E-state index contributed by atoms with van der Waals surface area (Å²) >= 11 is 1.57. The minimum absolute atomic E-state index is 0.141. The fraction of sp³-hybridized carbons (Fsp3) is 0.500. The monoisotopic (exact) mass is 265 g/mol. The first kappa shape index (κ1) is 13.4. The van der Waals surface area contributed by atoms with E-state index in [2.05, 4.69) is 0 Å². The molecule has 0 spiro atoms. The predicted octanol–water partition coefficient (Wildman–Crippen LogP) is 2.01. The lowest BCUT2D eigenvalue weighted by Gasteiger charge is -2.34. The molecule has 18 heavy (non-hydrogen) atoms. The van der Waals surface area contributed by atoms with Gasteiger partial charge in [0.15, 0.2) is 0 Å². The number of benzene rings is 1. The molecule has 0 unspecified atom stereocenters. The van der Waals surface area contributed by atoms with E-state index >= 15 is 0 Å². The van der Waals surface area contributed by atoms with E-state index in [1.54, 1.807) is 16.7 Å². The van der Waals surface area contributed by atoms with Gasteiger partial charge in [0.2, 0.25) is 5.91 Å². The van der Waals surface area contributed by atoms with Crippen molar-refractivity contribution in [2.24, 2.45) is 5.92 Å². The Bertz CT molecular complexity index is 390. The van der Waals surface area contributed by atoms with Crippen molar-refractivity contribution in [3.8, 4) is 0 Å². The Morgan fingerprint density at radius 1 is 1.39 bits per heavy atom. The quantitative estimate of drug-likeness (QED) is 0.828. The van der Waals surface area contributed by atoms with Crippen LogP contribution in [0.2, 0.25) is 0 Å². The first-order valence-electron chi connectivity index (χ1n) is 6.25. The van der Waals surface area contributed by atoms with Crippen LogP contribution in [0.5, 0.6) is 0 Å². The van der Waals surface area contributed by atoms with E-state index in [0.29, 0.717) is 11.7 Å². The predicted molar refractivity (Wildman–Crippen MR) is 73.5 cm³/mol. The van der Waals surface area contributed by atoms with Gasteiger partial charge in [0.25, 0.3) is 0 Å². The van der Waals surface area contributed by atoms with Crippen LogP contribution in [0.4, 0.5) is 0 Å². The molecule has 1 aromatic rings. The van der Waals surface area contributed by atoms with Gasteiger partial charge in [-0.25, -0.2) is 0 Å². The summed E-state index contributed by atoms with van der Waals surface area (Å²) in [6.07, 6.45) is 1.53. The fourth-order valence-corrected chi connectivity index (χ4v) is 2.97. The zero-order valence-electron chi connectivity index (χ0n) is 10.6. The maximum absolute atomic E-state index is 11.9. The molecule has 2 rings (SSSR count). The molecule has 0 atom stereocenters. The van der Waals surface area contributed by atoms with Gasteiger partial charge < -0.3 is 10.0 Å². The molecule has 0 heterocycles. The molecule has 1 aromatic carbocycles. The van der Waals surface area contributed by atoms with Crippen molar-refractivity contribution in [2.75, 3.05) is 19.3 Å². The summed E-state index contributed by atoms with van der Waals surface area (Å²) in [6, 6.07) is 9.96. The number of rotatable bonds is 5. The summed E-state index contributed by atoms with van der Waals surface area (Å²) in [4.78, 5) is 14.8. The van der Waals surface area contributed by atoms with Gasteiger partial charge in [-0.15, -0.1) is 11.8 Å². The molecule has 1 amide bonds. The van der Waals surface area contributed by atoms with Gasteiger partial charge in [-0.05, 0) is 30.9 Å². The van der Waals surface area contributed by atoms with Crippen molar-refractivity contribution in [1.82, 2.24) is 4.90 Å². The van der Waals surface area contributed by atoms with Crippen LogP contribution in [-0.4, -0.2) is 41.4 Å². The summed E-state index contributed by atoms with van der Waals surface area (Å²) in [5, 5.41) is 9.21. The van der Waals surface area contributed by atoms with E-state index < -0.39 is 0 Å². The molecule has 0 radical (unpaired) electrons. The molecule has 0 bridgehead atoms. The third kappa shape index (κ3) is 3.75. The Morgan fingerprint density at radius 3 is 2.67 bits per heavy atom. The average Bonchev–Trinajstić information content (AvgIpc) is 2.35. The molecule has 4 heteroatoms. The third-order valence-corrected chi connectivity index (χ3v) is 4.27. The highest BCUT2D eigenvalue weighted by molar-refractivity contribution is 8.00. The SMILES string of the molecule is CN(CC1CC(O)C1)C(=O)CSc1ccccc1. The molecule has 1 saturated carbocycles. The smallest absolute Gasteiger partial charge is 0.232 e. The number of carbonyl (C=O) groups is 1. The van der Waals surface area contributed by atoms with E-state index in [4.69, 9.17) is 0 Å². The summed E-state index contributed by atoms with van der Waals surface area (Å²) in [6.45, 7) is 0.769. The number of thioether (sulfide) groups is 1. The van der Waals surface area contributed by atoms with Gasteiger partial charge in [0.1, 0.15) is 0 Å². The highest BCUT2D eigenvalue weighted by atomic mass is 32.2. The largest absolute Gasteiger partial charge is 0.393 e. The van der Waals surface area contributed by atoms with E-state index in [0.717, 1.165) is 24.3 Å². The molecular formula is C14H19NO2S. The highest BCUT2D eigenvalue weighted by Crippen LogP contribution is 2.27. The first-order valence-corrected chi connectivity index (χ1v) is 7.23. The van der Waals surface area contributed by atoms with Gasteiger partial charge >= 0.3 is 0 Å². The number of aliphatic hydroxyl groups excluding tert-OH is 1. The molecular weight excluding hydrogens is 246 g/mol. The van der Waals surface area contributed by atoms with Crippen molar-refractivity contribution < 1.29 is 9.90 Å². The fourth-order valence-electron chi connectivity index (χ4n) is 2.11. The maximum Gasteiger partial charge on any atom is 0.232 e. The van der Waals surface area contributed by atoms with Crippen molar-refractivity contribution in [2.45, 2.75) is 23.8 Å². The second kappa shape index (κ2) is 6.25. The summed E-state index contributed by atoms with van der Waals surface area (Å²) < 4.78 is 0. The molecule has 98 valence electrons. The molecule has 1 fully saturated rings. The van der Waals surface area contributed by atoms with Gasteiger partial charge in [0, 0.05) is 18.5 Å². The molecule has 0 aliphatic heterocycles. The minimum Gasteiger partial charge on any atom is -0.393 e. The number of carbonyl (C=O) groups excluding carboxylic acids is 1. The van der Waals surface area contributed by atoms with Gasteiger partial charge in [0.05, 0.1) is 11.9 Å². The average molecular weight is 265 g/mol. The van der Waals surface area contributed by atoms with Crippen LogP contribution in [0.25, 0.3) is 0 Å². The van der Waals surface area contributed by atoms with Crippen LogP contribution in [0, 0.1) is 5.92 Å². The van der Waals surface area contributed by atoms with E-state index in [-0.39, 0.29) is 12.0 Å². The topological polar surface area (TPSA) is 40.5 Å².